The Balaban J connectivity index is 2.65. The van der Waals surface area contributed by atoms with E-state index in [2.05, 4.69) is 19.2 Å². The molecule has 1 nitrogen and oxygen atoms in total. The molecule has 0 aromatic heterocycles. The standard InChI is InChI=1S/C11H15F2NS/c1-3-8(2)14-9-5-4-6-10(7-9)15-11(12)13/h4-8,11,14H,3H2,1-2H3. The fraction of sp³-hybridized carbons (Fsp3) is 0.455. The highest BCUT2D eigenvalue weighted by atomic mass is 32.2. The van der Waals surface area contributed by atoms with Crippen LogP contribution >= 0.6 is 11.8 Å². The average Bonchev–Trinajstić information content (AvgIpc) is 2.17. The first-order valence-electron chi connectivity index (χ1n) is 4.93. The molecule has 0 saturated carbocycles. The molecule has 0 aliphatic carbocycles. The molecular weight excluding hydrogens is 216 g/mol. The summed E-state index contributed by atoms with van der Waals surface area (Å²) in [5.41, 5.74) is 0.898. The molecule has 0 saturated heterocycles. The fourth-order valence-electron chi connectivity index (χ4n) is 1.15. The smallest absolute Gasteiger partial charge is 0.288 e. The fourth-order valence-corrected chi connectivity index (χ4v) is 1.71. The molecule has 0 aliphatic heterocycles. The van der Waals surface area contributed by atoms with E-state index in [1.54, 1.807) is 18.2 Å². The summed E-state index contributed by atoms with van der Waals surface area (Å²) in [4.78, 5) is 0.596. The lowest BCUT2D eigenvalue weighted by molar-refractivity contribution is 0.252. The zero-order chi connectivity index (χ0) is 11.3. The van der Waals surface area contributed by atoms with Crippen LogP contribution in [0.25, 0.3) is 0 Å². The van der Waals surface area contributed by atoms with Crippen molar-refractivity contribution in [3.63, 3.8) is 0 Å². The van der Waals surface area contributed by atoms with Crippen molar-refractivity contribution < 1.29 is 8.78 Å². The maximum absolute atomic E-state index is 12.1. The predicted octanol–water partition coefficient (Wildman–Crippen LogP) is 4.21. The van der Waals surface area contributed by atoms with E-state index in [0.29, 0.717) is 22.7 Å². The molecule has 1 unspecified atom stereocenters. The van der Waals surface area contributed by atoms with E-state index < -0.39 is 5.76 Å². The van der Waals surface area contributed by atoms with Crippen LogP contribution in [0.1, 0.15) is 20.3 Å². The molecule has 0 spiro atoms. The van der Waals surface area contributed by atoms with Crippen molar-refractivity contribution in [2.75, 3.05) is 5.32 Å². The van der Waals surface area contributed by atoms with E-state index in [-0.39, 0.29) is 0 Å². The van der Waals surface area contributed by atoms with Crippen LogP contribution in [0.3, 0.4) is 0 Å². The van der Waals surface area contributed by atoms with E-state index in [9.17, 15) is 8.78 Å². The highest BCUT2D eigenvalue weighted by Gasteiger charge is 2.06. The van der Waals surface area contributed by atoms with Crippen LogP contribution in [0.15, 0.2) is 29.2 Å². The first-order valence-corrected chi connectivity index (χ1v) is 5.81. The second-order valence-electron chi connectivity index (χ2n) is 3.36. The molecular formula is C11H15F2NS. The van der Waals surface area contributed by atoms with Crippen LogP contribution in [0.4, 0.5) is 14.5 Å². The van der Waals surface area contributed by atoms with Gasteiger partial charge in [0, 0.05) is 16.6 Å². The van der Waals surface area contributed by atoms with E-state index >= 15 is 0 Å². The molecule has 84 valence electrons. The molecule has 0 radical (unpaired) electrons. The Morgan fingerprint density at radius 3 is 2.73 bits per heavy atom. The van der Waals surface area contributed by atoms with Gasteiger partial charge in [-0.05, 0) is 31.5 Å². The second kappa shape index (κ2) is 5.95. The number of hydrogen-bond donors (Lipinski definition) is 1. The number of hydrogen-bond acceptors (Lipinski definition) is 2. The van der Waals surface area contributed by atoms with E-state index in [4.69, 9.17) is 0 Å². The molecule has 1 aromatic carbocycles. The van der Waals surface area contributed by atoms with Crippen molar-refractivity contribution in [2.24, 2.45) is 0 Å². The topological polar surface area (TPSA) is 12.0 Å². The number of alkyl halides is 2. The SMILES string of the molecule is CCC(C)Nc1cccc(SC(F)F)c1. The van der Waals surface area contributed by atoms with Gasteiger partial charge in [-0.1, -0.05) is 24.8 Å². The van der Waals surface area contributed by atoms with E-state index in [0.717, 1.165) is 12.1 Å². The number of halogens is 2. The molecule has 0 heterocycles. The lowest BCUT2D eigenvalue weighted by Gasteiger charge is -2.13. The van der Waals surface area contributed by atoms with E-state index in [1.807, 2.05) is 6.07 Å². The Bertz CT molecular complexity index is 304. The van der Waals surface area contributed by atoms with Crippen molar-refractivity contribution in [2.45, 2.75) is 37.0 Å². The van der Waals surface area contributed by atoms with Crippen LogP contribution in [0.2, 0.25) is 0 Å². The summed E-state index contributed by atoms with van der Waals surface area (Å²) in [6.45, 7) is 4.14. The summed E-state index contributed by atoms with van der Waals surface area (Å²) >= 11 is 0.574. The number of thioether (sulfide) groups is 1. The van der Waals surface area contributed by atoms with Gasteiger partial charge < -0.3 is 5.32 Å². The van der Waals surface area contributed by atoms with Gasteiger partial charge in [0.25, 0.3) is 5.76 Å². The van der Waals surface area contributed by atoms with Gasteiger partial charge in [0.2, 0.25) is 0 Å². The summed E-state index contributed by atoms with van der Waals surface area (Å²) in [6, 6.07) is 7.48. The number of rotatable bonds is 5. The zero-order valence-electron chi connectivity index (χ0n) is 8.84. The van der Waals surface area contributed by atoms with Crippen LogP contribution in [-0.2, 0) is 0 Å². The summed E-state index contributed by atoms with van der Waals surface area (Å²) < 4.78 is 24.2. The summed E-state index contributed by atoms with van der Waals surface area (Å²) in [5.74, 6) is -2.36. The van der Waals surface area contributed by atoms with Gasteiger partial charge in [-0.25, -0.2) is 0 Å². The largest absolute Gasteiger partial charge is 0.383 e. The second-order valence-corrected chi connectivity index (χ2v) is 4.42. The predicted molar refractivity (Wildman–Crippen MR) is 61.7 cm³/mol. The van der Waals surface area contributed by atoms with Gasteiger partial charge in [0.1, 0.15) is 0 Å². The third-order valence-corrected chi connectivity index (χ3v) is 2.79. The average molecular weight is 231 g/mol. The molecule has 1 rings (SSSR count). The summed E-state index contributed by atoms with van der Waals surface area (Å²) in [7, 11) is 0. The molecule has 1 N–H and O–H groups in total. The van der Waals surface area contributed by atoms with Crippen LogP contribution in [0.5, 0.6) is 0 Å². The third kappa shape index (κ3) is 4.51. The lowest BCUT2D eigenvalue weighted by Crippen LogP contribution is -2.13. The van der Waals surface area contributed by atoms with Gasteiger partial charge in [0.05, 0.1) is 0 Å². The molecule has 0 fully saturated rings. The maximum Gasteiger partial charge on any atom is 0.288 e. The summed E-state index contributed by atoms with van der Waals surface area (Å²) in [6.07, 6.45) is 1.01. The Kier molecular flexibility index (Phi) is 4.88. The highest BCUT2D eigenvalue weighted by Crippen LogP contribution is 2.27. The minimum atomic E-state index is -2.36. The van der Waals surface area contributed by atoms with Gasteiger partial charge in [0.15, 0.2) is 0 Å². The minimum absolute atomic E-state index is 0.358. The molecule has 0 bridgehead atoms. The first kappa shape index (κ1) is 12.3. The minimum Gasteiger partial charge on any atom is -0.383 e. The molecule has 4 heteroatoms. The van der Waals surface area contributed by atoms with Gasteiger partial charge in [-0.3, -0.25) is 0 Å². The van der Waals surface area contributed by atoms with Crippen molar-refractivity contribution >= 4 is 17.4 Å². The van der Waals surface area contributed by atoms with E-state index in [1.165, 1.54) is 0 Å². The molecule has 0 amide bonds. The van der Waals surface area contributed by atoms with Gasteiger partial charge >= 0.3 is 0 Å². The van der Waals surface area contributed by atoms with Crippen molar-refractivity contribution in [3.05, 3.63) is 24.3 Å². The van der Waals surface area contributed by atoms with Gasteiger partial charge in [-0.15, -0.1) is 0 Å². The van der Waals surface area contributed by atoms with Crippen molar-refractivity contribution in [1.82, 2.24) is 0 Å². The molecule has 1 atom stereocenters. The number of nitrogens with one attached hydrogen (secondary N) is 1. The van der Waals surface area contributed by atoms with Crippen LogP contribution in [-0.4, -0.2) is 11.8 Å². The Morgan fingerprint density at radius 1 is 1.40 bits per heavy atom. The highest BCUT2D eigenvalue weighted by molar-refractivity contribution is 7.99. The Labute approximate surface area is 93.3 Å². The van der Waals surface area contributed by atoms with Crippen molar-refractivity contribution in [1.29, 1.82) is 0 Å². The summed E-state index contributed by atoms with van der Waals surface area (Å²) in [5, 5.41) is 3.25. The molecule has 15 heavy (non-hydrogen) atoms. The van der Waals surface area contributed by atoms with Crippen LogP contribution < -0.4 is 5.32 Å². The molecule has 0 aliphatic rings. The zero-order valence-corrected chi connectivity index (χ0v) is 9.65. The monoisotopic (exact) mass is 231 g/mol. The Morgan fingerprint density at radius 2 is 2.13 bits per heavy atom. The molecule has 1 aromatic rings. The maximum atomic E-state index is 12.1. The quantitative estimate of drug-likeness (QED) is 0.762. The number of benzene rings is 1. The normalized spacial score (nSPS) is 12.9. The Hall–Kier alpha value is -0.770. The lowest BCUT2D eigenvalue weighted by atomic mass is 10.2. The third-order valence-electron chi connectivity index (χ3n) is 2.08. The van der Waals surface area contributed by atoms with Crippen molar-refractivity contribution in [3.8, 4) is 0 Å². The first-order chi connectivity index (χ1) is 7.11. The number of anilines is 1. The van der Waals surface area contributed by atoms with Gasteiger partial charge in [-0.2, -0.15) is 8.78 Å². The van der Waals surface area contributed by atoms with Crippen LogP contribution in [0, 0.1) is 0 Å².